The lowest BCUT2D eigenvalue weighted by Gasteiger charge is -2.27. The number of hydrogen-bond donors (Lipinski definition) is 2. The normalized spacial score (nSPS) is 11.2. The second-order valence-corrected chi connectivity index (χ2v) is 7.26. The summed E-state index contributed by atoms with van der Waals surface area (Å²) in [4.78, 5) is 51.2. The van der Waals surface area contributed by atoms with E-state index in [1.165, 1.54) is 12.1 Å². The molecule has 0 heterocycles. The van der Waals surface area contributed by atoms with Crippen molar-refractivity contribution in [2.45, 2.75) is 12.5 Å². The third-order valence-corrected chi connectivity index (χ3v) is 4.95. The minimum atomic E-state index is -1.21. The average molecular weight is 459 g/mol. The topological polar surface area (TPSA) is 92.8 Å². The Morgan fingerprint density at radius 1 is 1.00 bits per heavy atom. The van der Waals surface area contributed by atoms with E-state index in [4.69, 9.17) is 17.0 Å². The van der Waals surface area contributed by atoms with Crippen LogP contribution in [-0.4, -0.2) is 58.9 Å². The van der Waals surface area contributed by atoms with Crippen molar-refractivity contribution >= 4 is 53.4 Å². The van der Waals surface area contributed by atoms with Gasteiger partial charge in [-0.25, -0.2) is 4.79 Å². The first-order valence-electron chi connectivity index (χ1n) is 9.34. The van der Waals surface area contributed by atoms with E-state index in [1.54, 1.807) is 48.5 Å². The number of nitrogens with zero attached hydrogens (tertiary/aromatic N) is 1. The molecule has 0 saturated heterocycles. The fourth-order valence-corrected chi connectivity index (χ4v) is 3.26. The van der Waals surface area contributed by atoms with Crippen LogP contribution >= 0.6 is 24.8 Å². The van der Waals surface area contributed by atoms with Gasteiger partial charge in [0, 0.05) is 16.9 Å². The van der Waals surface area contributed by atoms with Crippen molar-refractivity contribution in [1.29, 1.82) is 0 Å². The predicted octanol–water partition coefficient (Wildman–Crippen LogP) is 2.32. The van der Waals surface area contributed by atoms with Crippen LogP contribution in [0.5, 0.6) is 0 Å². The molecule has 162 valence electrons. The number of rotatable bonds is 9. The van der Waals surface area contributed by atoms with Crippen molar-refractivity contribution in [2.75, 3.05) is 19.4 Å². The Hall–Kier alpha value is -3.04. The van der Waals surface area contributed by atoms with Gasteiger partial charge in [0.15, 0.2) is 5.78 Å². The predicted molar refractivity (Wildman–Crippen MR) is 123 cm³/mol. The summed E-state index contributed by atoms with van der Waals surface area (Å²) in [5.74, 6) is -2.45. The number of methoxy groups -OCH3 is 1. The van der Waals surface area contributed by atoms with Crippen molar-refractivity contribution < 1.29 is 23.9 Å². The lowest BCUT2D eigenvalue weighted by Crippen LogP contribution is -2.53. The summed E-state index contributed by atoms with van der Waals surface area (Å²) in [6, 6.07) is 15.5. The lowest BCUT2D eigenvalue weighted by molar-refractivity contribution is -0.149. The number of nitrogens with one attached hydrogen (secondary N) is 1. The van der Waals surface area contributed by atoms with Crippen molar-refractivity contribution in [2.24, 2.45) is 0 Å². The minimum Gasteiger partial charge on any atom is -0.467 e. The van der Waals surface area contributed by atoms with E-state index in [2.05, 4.69) is 17.9 Å². The quantitative estimate of drug-likeness (QED) is 0.258. The van der Waals surface area contributed by atoms with Gasteiger partial charge in [0.1, 0.15) is 6.04 Å². The number of amides is 2. The average Bonchev–Trinajstić information content (AvgIpc) is 2.81. The number of esters is 1. The van der Waals surface area contributed by atoms with E-state index in [-0.39, 0.29) is 35.1 Å². The van der Waals surface area contributed by atoms with Gasteiger partial charge in [-0.2, -0.15) is 12.6 Å². The molecular weight excluding hydrogens is 436 g/mol. The number of Topliss-reactive ketones (excluding diaryl/α,β-unsaturated/α-hetero) is 1. The summed E-state index contributed by atoms with van der Waals surface area (Å²) in [5, 5.41) is 2.70. The fraction of sp³-hybridized carbons (Fsp3) is 0.227. The largest absolute Gasteiger partial charge is 0.467 e. The number of hydrogen-bond acceptors (Lipinski definition) is 7. The maximum absolute atomic E-state index is 13.0. The van der Waals surface area contributed by atoms with Crippen LogP contribution in [0, 0.1) is 0 Å². The van der Waals surface area contributed by atoms with Gasteiger partial charge in [-0.05, 0) is 12.1 Å². The SMILES string of the molecule is COC(=O)C(CS)N(C(=O)CNC(=S)CC(=O)c1ccccc1)C(=O)c1ccccc1. The molecule has 0 aromatic heterocycles. The van der Waals surface area contributed by atoms with E-state index in [0.29, 0.717) is 5.56 Å². The third-order valence-electron chi connectivity index (χ3n) is 4.32. The van der Waals surface area contributed by atoms with E-state index in [0.717, 1.165) is 12.0 Å². The standard InChI is InChI=1S/C22H22N2O5S2/c1-29-22(28)17(14-30)24(21(27)16-10-6-3-7-11-16)20(26)13-23-19(31)12-18(25)15-8-4-2-5-9-15/h2-11,17,30H,12-14H2,1H3,(H,23,31). The zero-order valence-corrected chi connectivity index (χ0v) is 18.5. The second-order valence-electron chi connectivity index (χ2n) is 6.40. The zero-order valence-electron chi connectivity index (χ0n) is 16.8. The van der Waals surface area contributed by atoms with Gasteiger partial charge < -0.3 is 10.1 Å². The molecule has 0 saturated carbocycles. The Kier molecular flexibility index (Phi) is 9.36. The highest BCUT2D eigenvalue weighted by molar-refractivity contribution is 7.80. The van der Waals surface area contributed by atoms with Gasteiger partial charge in [0.2, 0.25) is 5.91 Å². The lowest BCUT2D eigenvalue weighted by atomic mass is 10.1. The van der Waals surface area contributed by atoms with Crippen LogP contribution in [0.4, 0.5) is 0 Å². The first-order valence-corrected chi connectivity index (χ1v) is 10.4. The molecule has 2 aromatic rings. The molecule has 0 radical (unpaired) electrons. The molecule has 0 bridgehead atoms. The Morgan fingerprint density at radius 3 is 2.06 bits per heavy atom. The highest BCUT2D eigenvalue weighted by Gasteiger charge is 2.35. The van der Waals surface area contributed by atoms with Crippen LogP contribution in [0.2, 0.25) is 0 Å². The number of ether oxygens (including phenoxy) is 1. The molecule has 9 heteroatoms. The number of thiocarbonyl (C=S) groups is 1. The number of carbonyl (C=O) groups is 4. The molecule has 1 unspecified atom stereocenters. The van der Waals surface area contributed by atoms with Crippen molar-refractivity contribution in [3.05, 3.63) is 71.8 Å². The number of thiol groups is 1. The van der Waals surface area contributed by atoms with E-state index in [1.807, 2.05) is 0 Å². The fourth-order valence-electron chi connectivity index (χ4n) is 2.74. The van der Waals surface area contributed by atoms with Crippen LogP contribution in [-0.2, 0) is 14.3 Å². The zero-order chi connectivity index (χ0) is 22.8. The molecule has 0 spiro atoms. The Balaban J connectivity index is 2.11. The number of ketones is 1. The van der Waals surface area contributed by atoms with Crippen LogP contribution < -0.4 is 5.32 Å². The first kappa shape index (κ1) is 24.2. The van der Waals surface area contributed by atoms with E-state index < -0.39 is 23.8 Å². The highest BCUT2D eigenvalue weighted by atomic mass is 32.1. The summed E-state index contributed by atoms with van der Waals surface area (Å²) in [7, 11) is 1.16. The molecule has 2 rings (SSSR count). The minimum absolute atomic E-state index is 0.0910. The van der Waals surface area contributed by atoms with Crippen molar-refractivity contribution in [3.8, 4) is 0 Å². The van der Waals surface area contributed by atoms with Gasteiger partial charge in [0.05, 0.1) is 25.1 Å². The molecule has 2 amide bonds. The van der Waals surface area contributed by atoms with Crippen molar-refractivity contribution in [1.82, 2.24) is 10.2 Å². The molecule has 1 N–H and O–H groups in total. The molecule has 1 atom stereocenters. The van der Waals surface area contributed by atoms with Gasteiger partial charge in [-0.15, -0.1) is 0 Å². The van der Waals surface area contributed by atoms with E-state index >= 15 is 0 Å². The highest BCUT2D eigenvalue weighted by Crippen LogP contribution is 2.12. The van der Waals surface area contributed by atoms with Crippen LogP contribution in [0.25, 0.3) is 0 Å². The second kappa shape index (κ2) is 12.0. The van der Waals surface area contributed by atoms with Gasteiger partial charge in [0.25, 0.3) is 5.91 Å². The first-order chi connectivity index (χ1) is 14.9. The maximum Gasteiger partial charge on any atom is 0.329 e. The number of carbonyl (C=O) groups excluding carboxylic acids is 4. The number of imide groups is 1. The summed E-state index contributed by atoms with van der Waals surface area (Å²) >= 11 is 9.27. The van der Waals surface area contributed by atoms with Crippen LogP contribution in [0.15, 0.2) is 60.7 Å². The number of benzene rings is 2. The molecular formula is C22H22N2O5S2. The molecule has 31 heavy (non-hydrogen) atoms. The Bertz CT molecular complexity index is 951. The van der Waals surface area contributed by atoms with Gasteiger partial charge >= 0.3 is 5.97 Å². The monoisotopic (exact) mass is 458 g/mol. The molecule has 7 nitrogen and oxygen atoms in total. The summed E-state index contributed by atoms with van der Waals surface area (Å²) in [5.41, 5.74) is 0.730. The van der Waals surface area contributed by atoms with Crippen molar-refractivity contribution in [3.63, 3.8) is 0 Å². The van der Waals surface area contributed by atoms with Crippen LogP contribution in [0.3, 0.4) is 0 Å². The Labute approximate surface area is 191 Å². The summed E-state index contributed by atoms with van der Waals surface area (Å²) in [6.45, 7) is -0.374. The smallest absolute Gasteiger partial charge is 0.329 e. The summed E-state index contributed by atoms with van der Waals surface area (Å²) < 4.78 is 4.72. The van der Waals surface area contributed by atoms with Crippen LogP contribution in [0.1, 0.15) is 27.1 Å². The molecule has 0 aliphatic carbocycles. The molecule has 2 aromatic carbocycles. The Morgan fingerprint density at radius 2 is 1.55 bits per heavy atom. The van der Waals surface area contributed by atoms with Gasteiger partial charge in [-0.1, -0.05) is 60.7 Å². The maximum atomic E-state index is 13.0. The molecule has 0 aliphatic heterocycles. The van der Waals surface area contributed by atoms with E-state index in [9.17, 15) is 19.2 Å². The summed E-state index contributed by atoms with van der Waals surface area (Å²) in [6.07, 6.45) is -0.0910. The molecule has 0 fully saturated rings. The third kappa shape index (κ3) is 6.73. The van der Waals surface area contributed by atoms with Gasteiger partial charge in [-0.3, -0.25) is 19.3 Å². The molecule has 0 aliphatic rings.